The van der Waals surface area contributed by atoms with Gasteiger partial charge in [-0.05, 0) is 62.2 Å². The second kappa shape index (κ2) is 8.12. The molecule has 5 nitrogen and oxygen atoms in total. The zero-order valence-electron chi connectivity index (χ0n) is 18.5. The molecule has 32 heavy (non-hydrogen) atoms. The third-order valence-electron chi connectivity index (χ3n) is 7.47. The molecule has 170 valence electrons. The van der Waals surface area contributed by atoms with Gasteiger partial charge >= 0.3 is 5.97 Å². The van der Waals surface area contributed by atoms with Gasteiger partial charge in [-0.2, -0.15) is 0 Å². The summed E-state index contributed by atoms with van der Waals surface area (Å²) in [5, 5.41) is 0.791. The van der Waals surface area contributed by atoms with Gasteiger partial charge in [-0.15, -0.1) is 0 Å². The van der Waals surface area contributed by atoms with Crippen molar-refractivity contribution in [3.63, 3.8) is 0 Å². The summed E-state index contributed by atoms with van der Waals surface area (Å²) in [6, 6.07) is 9.01. The number of hydrogen-bond acceptors (Lipinski definition) is 5. The number of benzene rings is 2. The van der Waals surface area contributed by atoms with Crippen molar-refractivity contribution in [3.05, 3.63) is 57.1 Å². The van der Waals surface area contributed by atoms with Crippen LogP contribution in [0.1, 0.15) is 47.7 Å². The van der Waals surface area contributed by atoms with Gasteiger partial charge in [-0.25, -0.2) is 4.79 Å². The van der Waals surface area contributed by atoms with Gasteiger partial charge in [-0.1, -0.05) is 36.2 Å². The third kappa shape index (κ3) is 3.37. The number of esters is 1. The summed E-state index contributed by atoms with van der Waals surface area (Å²) in [7, 11) is 3.85. The van der Waals surface area contributed by atoms with Crippen molar-refractivity contribution in [2.75, 3.05) is 20.7 Å². The fourth-order valence-corrected chi connectivity index (χ4v) is 6.30. The van der Waals surface area contributed by atoms with Crippen molar-refractivity contribution in [2.45, 2.75) is 50.4 Å². The highest BCUT2D eigenvalue weighted by Crippen LogP contribution is 2.59. The summed E-state index contributed by atoms with van der Waals surface area (Å²) < 4.78 is 18.2. The molecule has 2 aromatic rings. The van der Waals surface area contributed by atoms with Gasteiger partial charge in [0.1, 0.15) is 12.2 Å². The van der Waals surface area contributed by atoms with Gasteiger partial charge in [0.15, 0.2) is 11.5 Å². The molecule has 1 saturated carbocycles. The molecular weight excluding hydrogens is 449 g/mol. The third-order valence-corrected chi connectivity index (χ3v) is 8.03. The molecule has 2 aliphatic heterocycles. The Morgan fingerprint density at radius 1 is 1.22 bits per heavy atom. The molecule has 0 amide bonds. The Labute approximate surface area is 198 Å². The number of ether oxygens (including phenoxy) is 3. The maximum atomic E-state index is 12.9. The lowest BCUT2D eigenvalue weighted by atomic mass is 9.59. The summed E-state index contributed by atoms with van der Waals surface area (Å²) in [4.78, 5) is 15.3. The molecule has 0 saturated heterocycles. The fourth-order valence-electron chi connectivity index (χ4n) is 5.94. The Hall–Kier alpha value is -1.95. The van der Waals surface area contributed by atoms with Gasteiger partial charge in [0.2, 0.25) is 0 Å². The minimum absolute atomic E-state index is 0.0737. The van der Waals surface area contributed by atoms with E-state index >= 15 is 0 Å². The number of methoxy groups -OCH3 is 1. The lowest BCUT2D eigenvalue weighted by Crippen LogP contribution is -2.52. The molecule has 1 spiro atoms. The number of carbonyl (C=O) groups is 1. The van der Waals surface area contributed by atoms with Crippen molar-refractivity contribution >= 4 is 29.2 Å². The van der Waals surface area contributed by atoms with E-state index < -0.39 is 5.97 Å². The maximum absolute atomic E-state index is 12.9. The van der Waals surface area contributed by atoms with Crippen LogP contribution in [0.2, 0.25) is 10.0 Å². The van der Waals surface area contributed by atoms with E-state index in [9.17, 15) is 4.79 Å². The number of halogens is 2. The van der Waals surface area contributed by atoms with Crippen molar-refractivity contribution in [1.29, 1.82) is 0 Å². The molecule has 4 atom stereocenters. The lowest BCUT2D eigenvalue weighted by molar-refractivity contribution is -0.0377. The van der Waals surface area contributed by atoms with Crippen LogP contribution in [0.3, 0.4) is 0 Å². The minimum Gasteiger partial charge on any atom is -0.493 e. The van der Waals surface area contributed by atoms with Crippen molar-refractivity contribution in [2.24, 2.45) is 5.92 Å². The maximum Gasteiger partial charge on any atom is 0.339 e. The van der Waals surface area contributed by atoms with E-state index in [1.165, 1.54) is 11.1 Å². The highest BCUT2D eigenvalue weighted by atomic mass is 35.5. The average Bonchev–Trinajstić information content (AvgIpc) is 3.01. The molecule has 3 aliphatic rings. The number of rotatable bonds is 3. The Morgan fingerprint density at radius 2 is 2.03 bits per heavy atom. The van der Waals surface area contributed by atoms with Crippen LogP contribution < -0.4 is 9.47 Å². The molecule has 7 heteroatoms. The van der Waals surface area contributed by atoms with Gasteiger partial charge in [0, 0.05) is 29.0 Å². The quantitative estimate of drug-likeness (QED) is 0.549. The van der Waals surface area contributed by atoms with Gasteiger partial charge in [-0.3, -0.25) is 0 Å². The van der Waals surface area contributed by atoms with Crippen LogP contribution in [0.15, 0.2) is 30.3 Å². The van der Waals surface area contributed by atoms with Crippen molar-refractivity contribution in [1.82, 2.24) is 4.90 Å². The Morgan fingerprint density at radius 3 is 2.81 bits per heavy atom. The Balaban J connectivity index is 1.46. The second-order valence-electron chi connectivity index (χ2n) is 9.29. The van der Waals surface area contributed by atoms with Crippen molar-refractivity contribution < 1.29 is 19.0 Å². The summed E-state index contributed by atoms with van der Waals surface area (Å²) in [5.74, 6) is 1.46. The molecule has 2 heterocycles. The molecule has 2 unspecified atom stereocenters. The van der Waals surface area contributed by atoms with Crippen LogP contribution in [0.4, 0.5) is 0 Å². The van der Waals surface area contributed by atoms with E-state index in [1.54, 1.807) is 25.3 Å². The Bertz CT molecular complexity index is 1070. The van der Waals surface area contributed by atoms with Crippen LogP contribution in [-0.4, -0.2) is 43.8 Å². The van der Waals surface area contributed by atoms with Crippen LogP contribution in [-0.2, 0) is 16.7 Å². The van der Waals surface area contributed by atoms with E-state index in [-0.39, 0.29) is 23.5 Å². The van der Waals surface area contributed by atoms with Crippen LogP contribution in [0.25, 0.3) is 0 Å². The van der Waals surface area contributed by atoms with Gasteiger partial charge in [0.25, 0.3) is 0 Å². The van der Waals surface area contributed by atoms with Crippen molar-refractivity contribution in [3.8, 4) is 11.5 Å². The number of carbonyl (C=O) groups excluding carboxylic acids is 1. The molecule has 0 radical (unpaired) electrons. The van der Waals surface area contributed by atoms with E-state index in [4.69, 9.17) is 37.4 Å². The van der Waals surface area contributed by atoms with E-state index in [2.05, 4.69) is 24.9 Å². The Kier molecular flexibility index (Phi) is 5.55. The topological polar surface area (TPSA) is 48.0 Å². The fraction of sp³-hybridized carbons (Fsp3) is 0.480. The molecule has 0 N–H and O–H groups in total. The molecule has 0 bridgehead atoms. The van der Waals surface area contributed by atoms with Crippen LogP contribution >= 0.6 is 23.2 Å². The number of nitrogens with zero attached hydrogens (tertiary/aromatic N) is 1. The molecule has 1 aliphatic carbocycles. The summed E-state index contributed by atoms with van der Waals surface area (Å²) in [6.07, 6.45) is 2.07. The van der Waals surface area contributed by atoms with Gasteiger partial charge in [0.05, 0.1) is 17.7 Å². The number of hydrogen-bond donors (Lipinski definition) is 0. The molecule has 5 rings (SSSR count). The van der Waals surface area contributed by atoms with Crippen LogP contribution in [0, 0.1) is 5.92 Å². The second-order valence-corrected chi connectivity index (χ2v) is 10.1. The zero-order chi connectivity index (χ0) is 22.6. The lowest BCUT2D eigenvalue weighted by Gasteiger charge is -2.46. The van der Waals surface area contributed by atoms with E-state index in [0.29, 0.717) is 22.0 Å². The SMILES string of the molecule is COc1ccc2c3c1OC1C[C@@H](OC(=O)c4cc(Cl)ccc4Cl)CC(C)[C@@]31CCN(C)C2. The van der Waals surface area contributed by atoms with Crippen LogP contribution in [0.5, 0.6) is 11.5 Å². The van der Waals surface area contributed by atoms with E-state index in [1.807, 2.05) is 6.07 Å². The minimum atomic E-state index is -0.444. The normalized spacial score (nSPS) is 28.8. The molecular formula is C25H27Cl2NO4. The monoisotopic (exact) mass is 475 g/mol. The highest BCUT2D eigenvalue weighted by molar-refractivity contribution is 6.35. The molecule has 2 aromatic carbocycles. The predicted octanol–water partition coefficient (Wildman–Crippen LogP) is 5.49. The summed E-state index contributed by atoms with van der Waals surface area (Å²) >= 11 is 12.3. The highest BCUT2D eigenvalue weighted by Gasteiger charge is 2.58. The molecule has 0 aromatic heterocycles. The smallest absolute Gasteiger partial charge is 0.339 e. The van der Waals surface area contributed by atoms with Gasteiger partial charge < -0.3 is 19.1 Å². The average molecular weight is 476 g/mol. The first-order valence-electron chi connectivity index (χ1n) is 11.0. The van der Waals surface area contributed by atoms with E-state index in [0.717, 1.165) is 37.4 Å². The largest absolute Gasteiger partial charge is 0.493 e. The predicted molar refractivity (Wildman–Crippen MR) is 124 cm³/mol. The summed E-state index contributed by atoms with van der Waals surface area (Å²) in [6.45, 7) is 4.14. The first-order valence-corrected chi connectivity index (χ1v) is 11.8. The summed E-state index contributed by atoms with van der Waals surface area (Å²) in [5.41, 5.74) is 2.78. The first kappa shape index (κ1) is 21.9. The standard InChI is InChI=1S/C25H27Cl2NO4/c1-14-10-17(31-24(29)18-11-16(26)5-6-19(18)27)12-21-25(14)8-9-28(2)13-15-4-7-20(30-3)23(32-21)22(15)25/h4-7,11,14,17,21H,8-10,12-13H2,1-3H3/t14?,17-,21?,25+/m0/s1. The molecule has 1 fully saturated rings. The first-order chi connectivity index (χ1) is 15.3. The zero-order valence-corrected chi connectivity index (χ0v) is 20.0.